The minimum absolute atomic E-state index is 0.00658. The van der Waals surface area contributed by atoms with Gasteiger partial charge in [-0.2, -0.15) is 0 Å². The Balaban J connectivity index is 2.28. The zero-order valence-corrected chi connectivity index (χ0v) is 20.6. The summed E-state index contributed by atoms with van der Waals surface area (Å²) in [5.74, 6) is -2.42. The van der Waals surface area contributed by atoms with Crippen LogP contribution in [0.2, 0.25) is 0 Å². The van der Waals surface area contributed by atoms with Crippen LogP contribution in [0.3, 0.4) is 0 Å². The first-order valence-corrected chi connectivity index (χ1v) is 12.7. The molecule has 0 aromatic heterocycles. The molecule has 2 aliphatic rings. The molecule has 0 bridgehead atoms. The number of aliphatic hydroxyl groups excluding tert-OH is 3. The largest absolute Gasteiger partial charge is 0.512 e. The molecule has 0 spiro atoms. The summed E-state index contributed by atoms with van der Waals surface area (Å²) in [6, 6.07) is 0. The highest BCUT2D eigenvalue weighted by atomic mass is 16.6. The van der Waals surface area contributed by atoms with Crippen molar-refractivity contribution in [3.05, 3.63) is 23.2 Å². The molecule has 7 heteroatoms. The molecule has 0 aromatic rings. The number of rotatable bonds is 12. The second-order valence-electron chi connectivity index (χ2n) is 9.50. The lowest BCUT2D eigenvalue weighted by Gasteiger charge is -2.43. The van der Waals surface area contributed by atoms with Gasteiger partial charge in [-0.05, 0) is 25.3 Å². The lowest BCUT2D eigenvalue weighted by atomic mass is 9.71. The molecule has 0 aromatic carbocycles. The third-order valence-corrected chi connectivity index (χ3v) is 6.81. The monoisotopic (exact) mass is 466 g/mol. The molecule has 5 atom stereocenters. The van der Waals surface area contributed by atoms with E-state index >= 15 is 0 Å². The lowest BCUT2D eigenvalue weighted by Crippen LogP contribution is -2.52. The fraction of sp³-hybridized carbons (Fsp3) is 0.769. The summed E-state index contributed by atoms with van der Waals surface area (Å²) in [6.45, 7) is 7.84. The standard InChI is InChI=1S/C26H42O7/c1-5-8-9-10-13-22(30)32-24-16(4)19(27)14-18-20(28)15-21(29)25(23(18)24)33-26(31)17(11-6-2)12-7-3/h14,16-17,21,23-25,27-29H,5-13,15H2,1-4H3. The van der Waals surface area contributed by atoms with Gasteiger partial charge in [0.25, 0.3) is 0 Å². The molecule has 0 radical (unpaired) electrons. The van der Waals surface area contributed by atoms with Gasteiger partial charge in [0, 0.05) is 18.4 Å². The zero-order valence-electron chi connectivity index (χ0n) is 20.6. The predicted molar refractivity (Wildman–Crippen MR) is 125 cm³/mol. The van der Waals surface area contributed by atoms with E-state index in [-0.39, 0.29) is 36.2 Å². The van der Waals surface area contributed by atoms with Crippen molar-refractivity contribution < 1.29 is 34.4 Å². The molecule has 188 valence electrons. The van der Waals surface area contributed by atoms with E-state index in [9.17, 15) is 24.9 Å². The Hall–Kier alpha value is -2.02. The maximum absolute atomic E-state index is 13.0. The maximum atomic E-state index is 13.0. The van der Waals surface area contributed by atoms with Crippen LogP contribution < -0.4 is 0 Å². The molecule has 5 unspecified atom stereocenters. The van der Waals surface area contributed by atoms with Gasteiger partial charge in [-0.25, -0.2) is 0 Å². The quantitative estimate of drug-likeness (QED) is 0.265. The summed E-state index contributed by atoms with van der Waals surface area (Å²) in [6.07, 6.45) is 5.50. The SMILES string of the molecule is CCCCCCC(=O)OC1C(C)C(O)=CC2=C(O)CC(O)C(OC(=O)C(CCC)CCC)C21. The fourth-order valence-corrected chi connectivity index (χ4v) is 4.90. The van der Waals surface area contributed by atoms with Crippen LogP contribution in [-0.4, -0.2) is 45.6 Å². The van der Waals surface area contributed by atoms with Crippen LogP contribution in [0.15, 0.2) is 23.2 Å². The van der Waals surface area contributed by atoms with Crippen molar-refractivity contribution in [3.8, 4) is 0 Å². The van der Waals surface area contributed by atoms with Crippen molar-refractivity contribution >= 4 is 11.9 Å². The normalized spacial score (nSPS) is 27.2. The van der Waals surface area contributed by atoms with Crippen molar-refractivity contribution in [1.29, 1.82) is 0 Å². The van der Waals surface area contributed by atoms with E-state index in [4.69, 9.17) is 9.47 Å². The highest BCUT2D eigenvalue weighted by Crippen LogP contribution is 2.43. The van der Waals surface area contributed by atoms with Crippen LogP contribution in [-0.2, 0) is 19.1 Å². The average Bonchev–Trinajstić information content (AvgIpc) is 2.77. The Morgan fingerprint density at radius 2 is 1.67 bits per heavy atom. The van der Waals surface area contributed by atoms with E-state index in [1.54, 1.807) is 6.92 Å². The summed E-state index contributed by atoms with van der Waals surface area (Å²) in [5.41, 5.74) is 0.361. The minimum Gasteiger partial charge on any atom is -0.512 e. The first kappa shape index (κ1) is 27.2. The number of ether oxygens (including phenoxy) is 2. The van der Waals surface area contributed by atoms with Crippen molar-refractivity contribution in [2.45, 2.75) is 110 Å². The van der Waals surface area contributed by atoms with Gasteiger partial charge in [-0.15, -0.1) is 0 Å². The van der Waals surface area contributed by atoms with Crippen LogP contribution in [0.5, 0.6) is 0 Å². The third-order valence-electron chi connectivity index (χ3n) is 6.81. The summed E-state index contributed by atoms with van der Waals surface area (Å²) in [7, 11) is 0. The molecule has 0 fully saturated rings. The smallest absolute Gasteiger partial charge is 0.309 e. The van der Waals surface area contributed by atoms with Crippen molar-refractivity contribution in [2.24, 2.45) is 17.8 Å². The molecular formula is C26H42O7. The Bertz CT molecular complexity index is 720. The van der Waals surface area contributed by atoms with Gasteiger partial charge >= 0.3 is 11.9 Å². The highest BCUT2D eigenvalue weighted by Gasteiger charge is 2.50. The van der Waals surface area contributed by atoms with E-state index in [2.05, 4.69) is 6.92 Å². The number of carbonyl (C=O) groups excluding carboxylic acids is 2. The zero-order chi connectivity index (χ0) is 24.5. The van der Waals surface area contributed by atoms with Gasteiger partial charge in [0.05, 0.1) is 35.4 Å². The number of aliphatic hydroxyl groups is 3. The van der Waals surface area contributed by atoms with Gasteiger partial charge in [0.15, 0.2) is 0 Å². The van der Waals surface area contributed by atoms with E-state index in [0.717, 1.165) is 32.1 Å². The van der Waals surface area contributed by atoms with E-state index < -0.39 is 36.1 Å². The number of unbranched alkanes of at least 4 members (excludes halogenated alkanes) is 3. The maximum Gasteiger partial charge on any atom is 0.309 e. The van der Waals surface area contributed by atoms with Crippen LogP contribution >= 0.6 is 0 Å². The summed E-state index contributed by atoms with van der Waals surface area (Å²) >= 11 is 0. The second kappa shape index (κ2) is 13.0. The molecule has 0 saturated heterocycles. The minimum atomic E-state index is -1.13. The van der Waals surface area contributed by atoms with E-state index in [0.29, 0.717) is 24.8 Å². The molecule has 3 N–H and O–H groups in total. The van der Waals surface area contributed by atoms with Gasteiger partial charge < -0.3 is 24.8 Å². The topological polar surface area (TPSA) is 113 Å². The third kappa shape index (κ3) is 6.98. The van der Waals surface area contributed by atoms with Crippen molar-refractivity contribution in [2.75, 3.05) is 0 Å². The first-order valence-electron chi connectivity index (χ1n) is 12.7. The molecule has 0 aliphatic heterocycles. The van der Waals surface area contributed by atoms with Crippen LogP contribution in [0.1, 0.15) is 91.9 Å². The first-order chi connectivity index (χ1) is 15.7. The number of esters is 2. The Morgan fingerprint density at radius 1 is 1.00 bits per heavy atom. The fourth-order valence-electron chi connectivity index (χ4n) is 4.90. The predicted octanol–water partition coefficient (Wildman–Crippen LogP) is 5.28. The number of fused-ring (bicyclic) bond motifs is 1. The van der Waals surface area contributed by atoms with Crippen molar-refractivity contribution in [1.82, 2.24) is 0 Å². The number of hydrogen-bond donors (Lipinski definition) is 3. The second-order valence-corrected chi connectivity index (χ2v) is 9.50. The summed E-state index contributed by atoms with van der Waals surface area (Å²) < 4.78 is 11.7. The number of carbonyl (C=O) groups is 2. The van der Waals surface area contributed by atoms with E-state index in [1.807, 2.05) is 13.8 Å². The highest BCUT2D eigenvalue weighted by molar-refractivity contribution is 5.73. The lowest BCUT2D eigenvalue weighted by molar-refractivity contribution is -0.177. The van der Waals surface area contributed by atoms with E-state index in [1.165, 1.54) is 6.08 Å². The van der Waals surface area contributed by atoms with Crippen LogP contribution in [0.4, 0.5) is 0 Å². The molecule has 2 rings (SSSR count). The number of hydrogen-bond acceptors (Lipinski definition) is 7. The van der Waals surface area contributed by atoms with Crippen molar-refractivity contribution in [3.63, 3.8) is 0 Å². The molecule has 0 heterocycles. The molecule has 0 amide bonds. The Morgan fingerprint density at radius 3 is 2.27 bits per heavy atom. The van der Waals surface area contributed by atoms with Crippen LogP contribution in [0.25, 0.3) is 0 Å². The molecule has 2 aliphatic carbocycles. The van der Waals surface area contributed by atoms with Gasteiger partial charge in [-0.3, -0.25) is 9.59 Å². The van der Waals surface area contributed by atoms with Gasteiger partial charge in [0.2, 0.25) is 0 Å². The number of allylic oxidation sites excluding steroid dienone is 1. The molecular weight excluding hydrogens is 424 g/mol. The molecule has 0 saturated carbocycles. The Kier molecular flexibility index (Phi) is 10.7. The Labute approximate surface area is 197 Å². The summed E-state index contributed by atoms with van der Waals surface area (Å²) in [4.78, 5) is 25.6. The van der Waals surface area contributed by atoms with Gasteiger partial charge in [0.1, 0.15) is 12.2 Å². The van der Waals surface area contributed by atoms with Gasteiger partial charge in [-0.1, -0.05) is 59.8 Å². The van der Waals surface area contributed by atoms with Crippen LogP contribution in [0, 0.1) is 17.8 Å². The molecule has 7 nitrogen and oxygen atoms in total. The average molecular weight is 467 g/mol. The molecule has 33 heavy (non-hydrogen) atoms. The summed E-state index contributed by atoms with van der Waals surface area (Å²) in [5, 5.41) is 31.8.